The molecule has 2 amide bonds. The van der Waals surface area contributed by atoms with Crippen LogP contribution in [0.5, 0.6) is 0 Å². The van der Waals surface area contributed by atoms with Crippen molar-refractivity contribution in [3.05, 3.63) is 41.5 Å². The topological polar surface area (TPSA) is 97.0 Å². The van der Waals surface area contributed by atoms with E-state index in [1.807, 2.05) is 11.8 Å². The van der Waals surface area contributed by atoms with Crippen molar-refractivity contribution < 1.29 is 9.59 Å². The molecule has 0 aromatic carbocycles. The van der Waals surface area contributed by atoms with Crippen molar-refractivity contribution in [2.75, 3.05) is 13.1 Å². The third-order valence-electron chi connectivity index (χ3n) is 4.37. The standard InChI is InChI=1S/C16H21N5O2/c1-2-21-10-12(8-19-21)16(23)20-7-3-4-11(9-20)14-13(15(17)22)5-6-18-14/h5-6,8,10-11,18H,2-4,7,9H2,1H3,(H2,17,22). The fourth-order valence-corrected chi connectivity index (χ4v) is 3.16. The van der Waals surface area contributed by atoms with Gasteiger partial charge in [0.05, 0.1) is 17.3 Å². The number of nitrogens with two attached hydrogens (primary N) is 1. The first kappa shape index (κ1) is 15.3. The average Bonchev–Trinajstić information content (AvgIpc) is 3.23. The predicted molar refractivity (Wildman–Crippen MR) is 85.1 cm³/mol. The van der Waals surface area contributed by atoms with E-state index in [0.717, 1.165) is 31.6 Å². The van der Waals surface area contributed by atoms with E-state index in [9.17, 15) is 9.59 Å². The van der Waals surface area contributed by atoms with Crippen LogP contribution in [-0.4, -0.2) is 44.6 Å². The Hall–Kier alpha value is -2.57. The minimum absolute atomic E-state index is 0.0124. The number of aromatic nitrogens is 3. The van der Waals surface area contributed by atoms with Crippen LogP contribution in [0.4, 0.5) is 0 Å². The lowest BCUT2D eigenvalue weighted by Crippen LogP contribution is -2.39. The zero-order chi connectivity index (χ0) is 16.4. The number of likely N-dealkylation sites (tertiary alicyclic amines) is 1. The third-order valence-corrected chi connectivity index (χ3v) is 4.37. The molecule has 1 fully saturated rings. The lowest BCUT2D eigenvalue weighted by molar-refractivity contribution is 0.0706. The molecule has 1 aliphatic rings. The minimum Gasteiger partial charge on any atom is -0.366 e. The van der Waals surface area contributed by atoms with Gasteiger partial charge >= 0.3 is 0 Å². The van der Waals surface area contributed by atoms with Gasteiger partial charge in [0.15, 0.2) is 0 Å². The number of primary amides is 1. The van der Waals surface area contributed by atoms with Gasteiger partial charge in [0.1, 0.15) is 0 Å². The maximum absolute atomic E-state index is 12.6. The number of rotatable bonds is 4. The van der Waals surface area contributed by atoms with E-state index in [1.165, 1.54) is 0 Å². The SMILES string of the molecule is CCn1cc(C(=O)N2CCCC(c3[nH]ccc3C(N)=O)C2)cn1. The summed E-state index contributed by atoms with van der Waals surface area (Å²) < 4.78 is 1.74. The number of piperidine rings is 1. The van der Waals surface area contributed by atoms with E-state index in [1.54, 1.807) is 29.3 Å². The molecule has 0 spiro atoms. The highest BCUT2D eigenvalue weighted by Crippen LogP contribution is 2.29. The summed E-state index contributed by atoms with van der Waals surface area (Å²) in [5, 5.41) is 4.16. The van der Waals surface area contributed by atoms with Crippen LogP contribution in [0.2, 0.25) is 0 Å². The first-order valence-electron chi connectivity index (χ1n) is 7.89. The Kier molecular flexibility index (Phi) is 4.18. The molecule has 0 saturated carbocycles. The number of carbonyl (C=O) groups excluding carboxylic acids is 2. The highest BCUT2D eigenvalue weighted by Gasteiger charge is 2.28. The van der Waals surface area contributed by atoms with Gasteiger partial charge in [0.2, 0.25) is 0 Å². The number of hydrogen-bond acceptors (Lipinski definition) is 3. The highest BCUT2D eigenvalue weighted by atomic mass is 16.2. The summed E-state index contributed by atoms with van der Waals surface area (Å²) in [5.74, 6) is -0.345. The number of nitrogens with one attached hydrogen (secondary N) is 1. The molecule has 0 radical (unpaired) electrons. The van der Waals surface area contributed by atoms with E-state index in [2.05, 4.69) is 10.1 Å². The Morgan fingerprint density at radius 2 is 2.30 bits per heavy atom. The van der Waals surface area contributed by atoms with E-state index in [-0.39, 0.29) is 11.8 Å². The van der Waals surface area contributed by atoms with Gasteiger partial charge in [0.25, 0.3) is 11.8 Å². The molecule has 7 nitrogen and oxygen atoms in total. The average molecular weight is 315 g/mol. The highest BCUT2D eigenvalue weighted by molar-refractivity contribution is 5.95. The van der Waals surface area contributed by atoms with Crippen molar-refractivity contribution in [1.29, 1.82) is 0 Å². The smallest absolute Gasteiger partial charge is 0.257 e. The van der Waals surface area contributed by atoms with E-state index < -0.39 is 5.91 Å². The Morgan fingerprint density at radius 3 is 3.00 bits per heavy atom. The maximum atomic E-state index is 12.6. The van der Waals surface area contributed by atoms with Gasteiger partial charge in [0, 0.05) is 43.6 Å². The number of amides is 2. The predicted octanol–water partition coefficient (Wildman–Crippen LogP) is 1.35. The Bertz CT molecular complexity index is 718. The molecular formula is C16H21N5O2. The van der Waals surface area contributed by atoms with Crippen LogP contribution in [-0.2, 0) is 6.54 Å². The molecule has 3 N–H and O–H groups in total. The molecule has 0 aliphatic carbocycles. The number of hydrogen-bond donors (Lipinski definition) is 2. The van der Waals surface area contributed by atoms with Crippen LogP contribution < -0.4 is 5.73 Å². The quantitative estimate of drug-likeness (QED) is 0.891. The summed E-state index contributed by atoms with van der Waals surface area (Å²) >= 11 is 0. The molecule has 1 unspecified atom stereocenters. The second kappa shape index (κ2) is 6.28. The molecule has 1 saturated heterocycles. The summed E-state index contributed by atoms with van der Waals surface area (Å²) in [6, 6.07) is 1.70. The van der Waals surface area contributed by atoms with Crippen molar-refractivity contribution >= 4 is 11.8 Å². The summed E-state index contributed by atoms with van der Waals surface area (Å²) in [7, 11) is 0. The van der Waals surface area contributed by atoms with Gasteiger partial charge < -0.3 is 15.6 Å². The van der Waals surface area contributed by atoms with Crippen LogP contribution in [0.1, 0.15) is 52.1 Å². The molecule has 2 aromatic rings. The molecule has 3 heterocycles. The zero-order valence-electron chi connectivity index (χ0n) is 13.2. The number of nitrogens with zero attached hydrogens (tertiary/aromatic N) is 3. The number of aryl methyl sites for hydroxylation is 1. The van der Waals surface area contributed by atoms with Gasteiger partial charge in [-0.25, -0.2) is 0 Å². The molecule has 2 aromatic heterocycles. The molecule has 0 bridgehead atoms. The molecule has 122 valence electrons. The zero-order valence-corrected chi connectivity index (χ0v) is 13.2. The summed E-state index contributed by atoms with van der Waals surface area (Å²) in [6.07, 6.45) is 6.93. The number of carbonyl (C=O) groups is 2. The van der Waals surface area contributed by atoms with E-state index in [4.69, 9.17) is 5.73 Å². The molecule has 7 heteroatoms. The van der Waals surface area contributed by atoms with Crippen molar-refractivity contribution in [3.63, 3.8) is 0 Å². The van der Waals surface area contributed by atoms with Gasteiger partial charge in [-0.3, -0.25) is 14.3 Å². The van der Waals surface area contributed by atoms with E-state index >= 15 is 0 Å². The summed E-state index contributed by atoms with van der Waals surface area (Å²) in [5.41, 5.74) is 7.37. The monoisotopic (exact) mass is 315 g/mol. The maximum Gasteiger partial charge on any atom is 0.257 e. The number of H-pyrrole nitrogens is 1. The van der Waals surface area contributed by atoms with Crippen molar-refractivity contribution in [2.45, 2.75) is 32.2 Å². The largest absolute Gasteiger partial charge is 0.366 e. The fourth-order valence-electron chi connectivity index (χ4n) is 3.16. The van der Waals surface area contributed by atoms with Gasteiger partial charge in [-0.2, -0.15) is 5.10 Å². The molecular weight excluding hydrogens is 294 g/mol. The van der Waals surface area contributed by atoms with Crippen molar-refractivity contribution in [1.82, 2.24) is 19.7 Å². The molecule has 3 rings (SSSR count). The summed E-state index contributed by atoms with van der Waals surface area (Å²) in [6.45, 7) is 4.02. The number of aromatic amines is 1. The van der Waals surface area contributed by atoms with Gasteiger partial charge in [-0.1, -0.05) is 0 Å². The van der Waals surface area contributed by atoms with Crippen LogP contribution in [0.25, 0.3) is 0 Å². The van der Waals surface area contributed by atoms with Crippen LogP contribution in [0, 0.1) is 0 Å². The van der Waals surface area contributed by atoms with Gasteiger partial charge in [-0.05, 0) is 25.8 Å². The van der Waals surface area contributed by atoms with Gasteiger partial charge in [-0.15, -0.1) is 0 Å². The Labute approximate surface area is 134 Å². The summed E-state index contributed by atoms with van der Waals surface area (Å²) in [4.78, 5) is 29.1. The van der Waals surface area contributed by atoms with Crippen LogP contribution in [0.3, 0.4) is 0 Å². The lowest BCUT2D eigenvalue weighted by Gasteiger charge is -2.32. The fraction of sp³-hybridized carbons (Fsp3) is 0.438. The third kappa shape index (κ3) is 2.99. The lowest BCUT2D eigenvalue weighted by atomic mass is 9.92. The Balaban J connectivity index is 1.76. The molecule has 23 heavy (non-hydrogen) atoms. The van der Waals surface area contributed by atoms with E-state index in [0.29, 0.717) is 17.7 Å². The second-order valence-electron chi connectivity index (χ2n) is 5.84. The molecule has 1 aliphatic heterocycles. The normalized spacial score (nSPS) is 18.1. The van der Waals surface area contributed by atoms with Crippen molar-refractivity contribution in [2.24, 2.45) is 5.73 Å². The first-order valence-corrected chi connectivity index (χ1v) is 7.89. The first-order chi connectivity index (χ1) is 11.1. The Morgan fingerprint density at radius 1 is 1.48 bits per heavy atom. The van der Waals surface area contributed by atoms with Crippen molar-refractivity contribution in [3.8, 4) is 0 Å². The van der Waals surface area contributed by atoms with Crippen LogP contribution >= 0.6 is 0 Å². The minimum atomic E-state index is -0.436. The molecule has 1 atom stereocenters. The second-order valence-corrected chi connectivity index (χ2v) is 5.84. The van der Waals surface area contributed by atoms with Crippen LogP contribution in [0.15, 0.2) is 24.7 Å².